The second-order valence-electron chi connectivity index (χ2n) is 3.74. The predicted octanol–water partition coefficient (Wildman–Crippen LogP) is 2.73. The number of fused-ring (bicyclic) bond motifs is 1. The van der Waals surface area contributed by atoms with Gasteiger partial charge in [0.15, 0.2) is 0 Å². The molecule has 0 spiro atoms. The molecule has 0 amide bonds. The Hall–Kier alpha value is -2.16. The van der Waals surface area contributed by atoms with Crippen LogP contribution >= 0.6 is 0 Å². The zero-order chi connectivity index (χ0) is 11.0. The van der Waals surface area contributed by atoms with Gasteiger partial charge < -0.3 is 0 Å². The molecule has 0 bridgehead atoms. The van der Waals surface area contributed by atoms with Gasteiger partial charge in [-0.25, -0.2) is 9.97 Å². The summed E-state index contributed by atoms with van der Waals surface area (Å²) in [4.78, 5) is 8.86. The van der Waals surface area contributed by atoms with E-state index < -0.39 is 0 Å². The number of hydrogen-bond acceptors (Lipinski definition) is 2. The molecule has 78 valence electrons. The molecule has 0 aliphatic heterocycles. The first-order chi connectivity index (χ1) is 7.84. The maximum Gasteiger partial charge on any atom is 0.145 e. The summed E-state index contributed by atoms with van der Waals surface area (Å²) in [6.07, 6.45) is 3.80. The summed E-state index contributed by atoms with van der Waals surface area (Å²) < 4.78 is 2.00. The Labute approximate surface area is 93.4 Å². The molecule has 16 heavy (non-hydrogen) atoms. The summed E-state index contributed by atoms with van der Waals surface area (Å²) in [5.41, 5.74) is 1.95. The van der Waals surface area contributed by atoms with Gasteiger partial charge in [-0.2, -0.15) is 0 Å². The highest BCUT2D eigenvalue weighted by Crippen LogP contribution is 2.16. The quantitative estimate of drug-likeness (QED) is 0.617. The summed E-state index contributed by atoms with van der Waals surface area (Å²) in [7, 11) is 0. The van der Waals surface area contributed by atoms with Gasteiger partial charge in [0.25, 0.3) is 0 Å². The number of pyridine rings is 2. The highest BCUT2D eigenvalue weighted by molar-refractivity contribution is 5.77. The number of aryl methyl sites for hydroxylation is 1. The molecule has 0 N–H and O–H groups in total. The van der Waals surface area contributed by atoms with Gasteiger partial charge in [-0.05, 0) is 37.3 Å². The van der Waals surface area contributed by atoms with Crippen LogP contribution in [0.25, 0.3) is 16.9 Å². The third-order valence-electron chi connectivity index (χ3n) is 2.57. The molecule has 3 rings (SSSR count). The summed E-state index contributed by atoms with van der Waals surface area (Å²) in [6.45, 7) is 1.99. The van der Waals surface area contributed by atoms with E-state index in [9.17, 15) is 0 Å². The molecule has 3 aromatic rings. The van der Waals surface area contributed by atoms with Crippen LogP contribution in [0.1, 0.15) is 5.69 Å². The van der Waals surface area contributed by atoms with Gasteiger partial charge in [0.2, 0.25) is 0 Å². The first kappa shape index (κ1) is 9.09. The van der Waals surface area contributed by atoms with Crippen molar-refractivity contribution in [1.29, 1.82) is 0 Å². The van der Waals surface area contributed by atoms with Gasteiger partial charge in [-0.3, -0.25) is 4.57 Å². The molecule has 3 aromatic heterocycles. The van der Waals surface area contributed by atoms with Gasteiger partial charge in [-0.15, -0.1) is 0 Å². The molecule has 0 aliphatic carbocycles. The lowest BCUT2D eigenvalue weighted by molar-refractivity contribution is 1.00. The zero-order valence-corrected chi connectivity index (χ0v) is 8.96. The van der Waals surface area contributed by atoms with Crippen molar-refractivity contribution >= 4 is 11.0 Å². The van der Waals surface area contributed by atoms with Crippen molar-refractivity contribution in [2.24, 2.45) is 0 Å². The summed E-state index contributed by atoms with van der Waals surface area (Å²) >= 11 is 0. The van der Waals surface area contributed by atoms with E-state index in [-0.39, 0.29) is 0 Å². The molecule has 0 radical (unpaired) electrons. The van der Waals surface area contributed by atoms with Crippen LogP contribution in [0, 0.1) is 6.92 Å². The number of nitrogens with zero attached hydrogens (tertiary/aromatic N) is 3. The zero-order valence-electron chi connectivity index (χ0n) is 8.96. The van der Waals surface area contributed by atoms with Gasteiger partial charge in [0.1, 0.15) is 11.5 Å². The molecule has 0 unspecified atom stereocenters. The minimum Gasteiger partial charge on any atom is -0.285 e. The van der Waals surface area contributed by atoms with Crippen molar-refractivity contribution in [3.8, 4) is 5.82 Å². The number of aromatic nitrogens is 3. The van der Waals surface area contributed by atoms with Crippen molar-refractivity contribution in [3.63, 3.8) is 0 Å². The van der Waals surface area contributed by atoms with Crippen molar-refractivity contribution in [3.05, 3.63) is 54.5 Å². The van der Waals surface area contributed by atoms with Crippen LogP contribution in [0.2, 0.25) is 0 Å². The maximum atomic E-state index is 4.49. The van der Waals surface area contributed by atoms with Crippen LogP contribution in [0.3, 0.4) is 0 Å². The maximum absolute atomic E-state index is 4.49. The van der Waals surface area contributed by atoms with Crippen LogP contribution < -0.4 is 0 Å². The lowest BCUT2D eigenvalue weighted by Gasteiger charge is -2.03. The molecule has 0 saturated heterocycles. The minimum atomic E-state index is 0.911. The monoisotopic (exact) mass is 209 g/mol. The van der Waals surface area contributed by atoms with E-state index in [0.29, 0.717) is 0 Å². The molecular weight excluding hydrogens is 198 g/mol. The second-order valence-corrected chi connectivity index (χ2v) is 3.74. The Morgan fingerprint density at radius 2 is 2.00 bits per heavy atom. The normalized spacial score (nSPS) is 10.8. The van der Waals surface area contributed by atoms with E-state index in [1.54, 1.807) is 6.20 Å². The Morgan fingerprint density at radius 1 is 1.06 bits per heavy atom. The third-order valence-corrected chi connectivity index (χ3v) is 2.57. The third kappa shape index (κ3) is 1.37. The van der Waals surface area contributed by atoms with Gasteiger partial charge in [0.05, 0.1) is 0 Å². The van der Waals surface area contributed by atoms with Crippen LogP contribution in [0.15, 0.2) is 48.8 Å². The Bertz CT molecular complexity index is 640. The Balaban J connectivity index is 2.26. The highest BCUT2D eigenvalue weighted by atomic mass is 15.1. The summed E-state index contributed by atoms with van der Waals surface area (Å²) in [6, 6.07) is 12.0. The smallest absolute Gasteiger partial charge is 0.145 e. The largest absolute Gasteiger partial charge is 0.285 e. The lowest BCUT2D eigenvalue weighted by Crippen LogP contribution is -1.97. The molecule has 3 nitrogen and oxygen atoms in total. The molecule has 0 atom stereocenters. The van der Waals surface area contributed by atoms with E-state index in [0.717, 1.165) is 22.5 Å². The SMILES string of the molecule is Cc1cccc(-n2ccc3cccnc32)n1. The van der Waals surface area contributed by atoms with E-state index in [2.05, 4.69) is 16.0 Å². The fourth-order valence-electron chi connectivity index (χ4n) is 1.81. The molecular formula is C13H11N3. The molecule has 0 aromatic carbocycles. The fourth-order valence-corrected chi connectivity index (χ4v) is 1.81. The van der Waals surface area contributed by atoms with Crippen LogP contribution in [-0.2, 0) is 0 Å². The minimum absolute atomic E-state index is 0.911. The van der Waals surface area contributed by atoms with Crippen LogP contribution in [0.5, 0.6) is 0 Å². The predicted molar refractivity (Wildman–Crippen MR) is 63.6 cm³/mol. The average molecular weight is 209 g/mol. The topological polar surface area (TPSA) is 30.7 Å². The number of rotatable bonds is 1. The van der Waals surface area contributed by atoms with Crippen LogP contribution in [-0.4, -0.2) is 14.5 Å². The van der Waals surface area contributed by atoms with Gasteiger partial charge in [-0.1, -0.05) is 6.07 Å². The average Bonchev–Trinajstić information content (AvgIpc) is 2.72. The van der Waals surface area contributed by atoms with Crippen molar-refractivity contribution < 1.29 is 0 Å². The molecule has 3 heteroatoms. The van der Waals surface area contributed by atoms with Crippen molar-refractivity contribution in [1.82, 2.24) is 14.5 Å². The van der Waals surface area contributed by atoms with Crippen LogP contribution in [0.4, 0.5) is 0 Å². The second kappa shape index (κ2) is 3.45. The Kier molecular flexibility index (Phi) is 1.96. The standard InChI is InChI=1S/C13H11N3/c1-10-4-2-6-12(15-10)16-9-7-11-5-3-8-14-13(11)16/h2-9H,1H3. The number of hydrogen-bond donors (Lipinski definition) is 0. The molecule has 0 saturated carbocycles. The summed E-state index contributed by atoms with van der Waals surface area (Å²) in [5.74, 6) is 0.911. The Morgan fingerprint density at radius 3 is 2.88 bits per heavy atom. The molecule has 0 fully saturated rings. The van der Waals surface area contributed by atoms with E-state index in [4.69, 9.17) is 0 Å². The molecule has 3 heterocycles. The van der Waals surface area contributed by atoms with E-state index >= 15 is 0 Å². The fraction of sp³-hybridized carbons (Fsp3) is 0.0769. The van der Waals surface area contributed by atoms with E-state index in [1.165, 1.54) is 0 Å². The highest BCUT2D eigenvalue weighted by Gasteiger charge is 2.04. The van der Waals surface area contributed by atoms with Gasteiger partial charge >= 0.3 is 0 Å². The van der Waals surface area contributed by atoms with Crippen molar-refractivity contribution in [2.75, 3.05) is 0 Å². The lowest BCUT2D eigenvalue weighted by atomic mass is 10.3. The van der Waals surface area contributed by atoms with Gasteiger partial charge in [0, 0.05) is 23.5 Å². The first-order valence-electron chi connectivity index (χ1n) is 5.21. The van der Waals surface area contributed by atoms with Crippen molar-refractivity contribution in [2.45, 2.75) is 6.92 Å². The van der Waals surface area contributed by atoms with E-state index in [1.807, 2.05) is 48.0 Å². The first-order valence-corrected chi connectivity index (χ1v) is 5.21. The molecule has 0 aliphatic rings. The summed E-state index contributed by atoms with van der Waals surface area (Å²) in [5, 5.41) is 1.13.